The number of nitriles is 1. The molecule has 4 N–H and O–H groups in total. The Kier molecular flexibility index (Phi) is 7.05. The topological polar surface area (TPSA) is 137 Å². The van der Waals surface area contributed by atoms with Gasteiger partial charge < -0.3 is 16.2 Å². The Morgan fingerprint density at radius 2 is 1.94 bits per heavy atom. The van der Waals surface area contributed by atoms with Crippen molar-refractivity contribution in [2.45, 2.75) is 6.42 Å². The van der Waals surface area contributed by atoms with Gasteiger partial charge in [-0.1, -0.05) is 0 Å². The number of carbonyl (C=O) groups excluding carboxylic acids is 2. The Balaban J connectivity index is 4.13. The quantitative estimate of drug-likeness (QED) is 0.416. The van der Waals surface area contributed by atoms with Gasteiger partial charge in [0.05, 0.1) is 32.1 Å². The largest absolute Gasteiger partial charge is 0.480 e. The zero-order valence-corrected chi connectivity index (χ0v) is 9.18. The van der Waals surface area contributed by atoms with Crippen molar-refractivity contribution in [3.63, 3.8) is 0 Å². The molecule has 0 radical (unpaired) electrons. The van der Waals surface area contributed by atoms with E-state index in [0.29, 0.717) is 0 Å². The van der Waals surface area contributed by atoms with Crippen LogP contribution in [-0.2, 0) is 14.4 Å². The monoisotopic (exact) mass is 242 g/mol. The lowest BCUT2D eigenvalue weighted by Crippen LogP contribution is -2.43. The van der Waals surface area contributed by atoms with Gasteiger partial charge in [0.1, 0.15) is 0 Å². The van der Waals surface area contributed by atoms with Crippen LogP contribution in [0.5, 0.6) is 0 Å². The molecule has 17 heavy (non-hydrogen) atoms. The molecule has 0 aliphatic heterocycles. The van der Waals surface area contributed by atoms with Crippen LogP contribution in [-0.4, -0.2) is 54.0 Å². The predicted molar refractivity (Wildman–Crippen MR) is 56.5 cm³/mol. The van der Waals surface area contributed by atoms with Gasteiger partial charge in [0.25, 0.3) is 0 Å². The Labute approximate surface area is 98.0 Å². The van der Waals surface area contributed by atoms with E-state index in [1.165, 1.54) is 0 Å². The van der Waals surface area contributed by atoms with Gasteiger partial charge in [-0.05, 0) is 0 Å². The molecule has 94 valence electrons. The van der Waals surface area contributed by atoms with Gasteiger partial charge in [0.2, 0.25) is 11.8 Å². The molecule has 0 fully saturated rings. The van der Waals surface area contributed by atoms with Crippen LogP contribution in [0.2, 0.25) is 0 Å². The highest BCUT2D eigenvalue weighted by molar-refractivity contribution is 5.81. The molecule has 0 spiro atoms. The number of carboxylic acids is 1. The number of amides is 2. The molecule has 0 atom stereocenters. The zero-order valence-electron chi connectivity index (χ0n) is 9.18. The summed E-state index contributed by atoms with van der Waals surface area (Å²) in [5.41, 5.74) is 4.92. The second-order valence-electron chi connectivity index (χ2n) is 3.26. The third-order valence-corrected chi connectivity index (χ3v) is 1.66. The highest BCUT2D eigenvalue weighted by Crippen LogP contribution is 1.88. The van der Waals surface area contributed by atoms with E-state index in [4.69, 9.17) is 16.1 Å². The number of nitrogens with zero attached hydrogens (tertiary/aromatic N) is 2. The van der Waals surface area contributed by atoms with Gasteiger partial charge in [-0.2, -0.15) is 5.26 Å². The molecule has 0 saturated heterocycles. The van der Waals surface area contributed by atoms with Gasteiger partial charge in [-0.15, -0.1) is 0 Å². The van der Waals surface area contributed by atoms with Crippen molar-refractivity contribution in [1.29, 1.82) is 5.26 Å². The molecule has 2 amide bonds. The summed E-state index contributed by atoms with van der Waals surface area (Å²) in [6.45, 7) is -0.819. The fraction of sp³-hybridized carbons (Fsp3) is 0.556. The lowest BCUT2D eigenvalue weighted by molar-refractivity contribution is -0.139. The van der Waals surface area contributed by atoms with Crippen LogP contribution in [0.15, 0.2) is 0 Å². The normalized spacial score (nSPS) is 9.65. The number of rotatable bonds is 8. The smallest absolute Gasteiger partial charge is 0.317 e. The maximum atomic E-state index is 11.3. The van der Waals surface area contributed by atoms with E-state index in [-0.39, 0.29) is 26.1 Å². The van der Waals surface area contributed by atoms with Gasteiger partial charge in [-0.3, -0.25) is 19.3 Å². The maximum Gasteiger partial charge on any atom is 0.317 e. The fourth-order valence-corrected chi connectivity index (χ4v) is 1.10. The third-order valence-electron chi connectivity index (χ3n) is 1.66. The molecule has 8 heteroatoms. The lowest BCUT2D eigenvalue weighted by Gasteiger charge is -2.17. The molecule has 8 nitrogen and oxygen atoms in total. The number of hydrogen-bond donors (Lipinski definition) is 3. The van der Waals surface area contributed by atoms with E-state index >= 15 is 0 Å². The molecule has 0 rings (SSSR count). The maximum absolute atomic E-state index is 11.3. The van der Waals surface area contributed by atoms with E-state index in [1.807, 2.05) is 6.07 Å². The minimum Gasteiger partial charge on any atom is -0.480 e. The molecule has 0 heterocycles. The Bertz CT molecular complexity index is 320. The van der Waals surface area contributed by atoms with Crippen molar-refractivity contribution in [3.05, 3.63) is 0 Å². The molecule has 0 bridgehead atoms. The van der Waals surface area contributed by atoms with E-state index in [2.05, 4.69) is 5.32 Å². The summed E-state index contributed by atoms with van der Waals surface area (Å²) in [4.78, 5) is 33.5. The van der Waals surface area contributed by atoms with Gasteiger partial charge >= 0.3 is 5.97 Å². The number of carboxylic acid groups (broad SMARTS) is 1. The van der Waals surface area contributed by atoms with Crippen LogP contribution in [0.25, 0.3) is 0 Å². The van der Waals surface area contributed by atoms with Crippen LogP contribution in [0.3, 0.4) is 0 Å². The summed E-state index contributed by atoms with van der Waals surface area (Å²) >= 11 is 0. The minimum absolute atomic E-state index is 0.167. The van der Waals surface area contributed by atoms with E-state index in [0.717, 1.165) is 4.90 Å². The number of hydrogen-bond acceptors (Lipinski definition) is 5. The van der Waals surface area contributed by atoms with Crippen LogP contribution in [0, 0.1) is 11.3 Å². The highest BCUT2D eigenvalue weighted by Gasteiger charge is 2.15. The average Bonchev–Trinajstić information content (AvgIpc) is 2.15. The molecule has 0 aliphatic rings. The number of carbonyl (C=O) groups is 3. The molecule has 0 saturated carbocycles. The summed E-state index contributed by atoms with van der Waals surface area (Å²) < 4.78 is 0. The second kappa shape index (κ2) is 8.06. The summed E-state index contributed by atoms with van der Waals surface area (Å²) in [7, 11) is 0. The van der Waals surface area contributed by atoms with Crippen LogP contribution in [0.4, 0.5) is 0 Å². The standard InChI is InChI=1S/C9H14N4O4/c10-2-1-3-12-8(15)5-13(4-7(11)14)6-9(16)17/h1,3-6H2,(H2,11,14)(H,12,15)(H,16,17). The average molecular weight is 242 g/mol. The van der Waals surface area contributed by atoms with Crippen molar-refractivity contribution in [2.75, 3.05) is 26.2 Å². The fourth-order valence-electron chi connectivity index (χ4n) is 1.10. The highest BCUT2D eigenvalue weighted by atomic mass is 16.4. The molecule has 0 aromatic rings. The van der Waals surface area contributed by atoms with Crippen molar-refractivity contribution in [3.8, 4) is 6.07 Å². The van der Waals surface area contributed by atoms with Gasteiger partial charge in [0, 0.05) is 6.54 Å². The summed E-state index contributed by atoms with van der Waals surface area (Å²) in [5, 5.41) is 19.2. The van der Waals surface area contributed by atoms with Crippen molar-refractivity contribution in [2.24, 2.45) is 5.73 Å². The minimum atomic E-state index is -1.16. The first kappa shape index (κ1) is 14.9. The first-order chi connectivity index (χ1) is 7.95. The van der Waals surface area contributed by atoms with E-state index < -0.39 is 24.3 Å². The molecule has 0 aromatic heterocycles. The van der Waals surface area contributed by atoms with Gasteiger partial charge in [0.15, 0.2) is 0 Å². The molecule has 0 aromatic carbocycles. The number of nitrogens with two attached hydrogens (primary N) is 1. The number of nitrogens with one attached hydrogen (secondary N) is 1. The number of primary amides is 1. The third kappa shape index (κ3) is 8.83. The molecular weight excluding hydrogens is 228 g/mol. The number of aliphatic carboxylic acids is 1. The Hall–Kier alpha value is -2.14. The summed E-state index contributed by atoms with van der Waals surface area (Å²) in [6, 6.07) is 1.84. The zero-order chi connectivity index (χ0) is 13.3. The van der Waals surface area contributed by atoms with Crippen LogP contribution < -0.4 is 11.1 Å². The SMILES string of the molecule is N#CCCNC(=O)CN(CC(N)=O)CC(=O)O. The Morgan fingerprint density at radius 1 is 1.29 bits per heavy atom. The van der Waals surface area contributed by atoms with Crippen LogP contribution >= 0.6 is 0 Å². The van der Waals surface area contributed by atoms with Crippen molar-refractivity contribution >= 4 is 17.8 Å². The Morgan fingerprint density at radius 3 is 2.41 bits per heavy atom. The molecule has 0 aliphatic carbocycles. The first-order valence-corrected chi connectivity index (χ1v) is 4.81. The molecular formula is C9H14N4O4. The van der Waals surface area contributed by atoms with Crippen LogP contribution in [0.1, 0.15) is 6.42 Å². The first-order valence-electron chi connectivity index (χ1n) is 4.81. The van der Waals surface area contributed by atoms with E-state index in [1.54, 1.807) is 0 Å². The van der Waals surface area contributed by atoms with Gasteiger partial charge in [-0.25, -0.2) is 0 Å². The van der Waals surface area contributed by atoms with E-state index in [9.17, 15) is 14.4 Å². The van der Waals surface area contributed by atoms with Crippen molar-refractivity contribution < 1.29 is 19.5 Å². The predicted octanol–water partition coefficient (Wildman–Crippen LogP) is -2.11. The molecule has 0 unspecified atom stereocenters. The summed E-state index contributed by atoms with van der Waals surface area (Å²) in [6.07, 6.45) is 0.167. The lowest BCUT2D eigenvalue weighted by atomic mass is 10.4. The van der Waals surface area contributed by atoms with Crippen molar-refractivity contribution in [1.82, 2.24) is 10.2 Å². The second-order valence-corrected chi connectivity index (χ2v) is 3.26. The summed E-state index contributed by atoms with van der Waals surface area (Å²) in [5.74, 6) is -2.32.